The van der Waals surface area contributed by atoms with Crippen LogP contribution in [0.1, 0.15) is 169 Å². The molecule has 7 heteroatoms. The number of nitrogens with zero attached hydrogens (tertiary/aromatic N) is 1. The van der Waals surface area contributed by atoms with E-state index >= 15 is 0 Å². The molecule has 0 heterocycles. The van der Waals surface area contributed by atoms with Crippen molar-refractivity contribution in [2.24, 2.45) is 0 Å². The summed E-state index contributed by atoms with van der Waals surface area (Å²) in [5.41, 5.74) is 0. The number of carbonyl (C=O) groups is 3. The minimum absolute atomic E-state index is 0.0107. The van der Waals surface area contributed by atoms with Gasteiger partial charge in [-0.1, -0.05) is 79.1 Å². The average Bonchev–Trinajstić information content (AvgIpc) is 2.96. The Morgan fingerprint density at radius 1 is 0.452 bits per heavy atom. The maximum absolute atomic E-state index is 12.5. The van der Waals surface area contributed by atoms with Crippen LogP contribution in [-0.4, -0.2) is 61.8 Å². The number of unbranched alkanes of at least 4 members (excludes halogenated alkanes) is 10. The van der Waals surface area contributed by atoms with E-state index in [0.29, 0.717) is 19.3 Å². The van der Waals surface area contributed by atoms with Crippen LogP contribution in [0.3, 0.4) is 0 Å². The molecule has 0 bridgehead atoms. The van der Waals surface area contributed by atoms with Gasteiger partial charge < -0.3 is 19.1 Å². The summed E-state index contributed by atoms with van der Waals surface area (Å²) < 4.78 is 16.9. The molecular formula is C35H67NO6. The van der Waals surface area contributed by atoms with Crippen molar-refractivity contribution in [3.05, 3.63) is 0 Å². The van der Waals surface area contributed by atoms with Crippen molar-refractivity contribution in [2.75, 3.05) is 20.6 Å². The average molecular weight is 598 g/mol. The Morgan fingerprint density at radius 3 is 1.12 bits per heavy atom. The predicted octanol–water partition coefficient (Wildman–Crippen LogP) is 8.95. The first kappa shape index (κ1) is 40.4. The molecule has 7 nitrogen and oxygen atoms in total. The van der Waals surface area contributed by atoms with Crippen LogP contribution in [0, 0.1) is 0 Å². The molecule has 248 valence electrons. The second-order valence-corrected chi connectivity index (χ2v) is 12.2. The van der Waals surface area contributed by atoms with Crippen LogP contribution in [0.5, 0.6) is 0 Å². The van der Waals surface area contributed by atoms with Gasteiger partial charge in [-0.05, 0) is 91.3 Å². The molecule has 0 atom stereocenters. The third-order valence-corrected chi connectivity index (χ3v) is 8.02. The zero-order valence-electron chi connectivity index (χ0n) is 28.4. The van der Waals surface area contributed by atoms with Crippen LogP contribution in [0.2, 0.25) is 0 Å². The van der Waals surface area contributed by atoms with Gasteiger partial charge in [-0.25, -0.2) is 0 Å². The minimum atomic E-state index is -0.0672. The van der Waals surface area contributed by atoms with Crippen LogP contribution >= 0.6 is 0 Å². The SMILES string of the molecule is CCC(CC)OC(=O)CCCCCCCCC(CCCCCCCCC(=O)OC(CC)CC)OC(=O)CCCN(C)C. The quantitative estimate of drug-likeness (QED) is 0.0483. The van der Waals surface area contributed by atoms with Gasteiger partial charge in [0.25, 0.3) is 0 Å². The van der Waals surface area contributed by atoms with E-state index < -0.39 is 0 Å². The molecule has 42 heavy (non-hydrogen) atoms. The molecular weight excluding hydrogens is 530 g/mol. The zero-order chi connectivity index (χ0) is 31.4. The fraction of sp³-hybridized carbons (Fsp3) is 0.914. The number of carbonyl (C=O) groups excluding carboxylic acids is 3. The Bertz CT molecular complexity index is 618. The number of hydrogen-bond acceptors (Lipinski definition) is 7. The number of ether oxygens (including phenoxy) is 3. The van der Waals surface area contributed by atoms with Gasteiger partial charge in [0.15, 0.2) is 0 Å². The van der Waals surface area contributed by atoms with Crippen LogP contribution < -0.4 is 0 Å². The lowest BCUT2D eigenvalue weighted by molar-refractivity contribution is -0.150. The van der Waals surface area contributed by atoms with Crippen molar-refractivity contribution in [1.29, 1.82) is 0 Å². The van der Waals surface area contributed by atoms with Crippen molar-refractivity contribution in [2.45, 2.75) is 187 Å². The smallest absolute Gasteiger partial charge is 0.306 e. The molecule has 0 radical (unpaired) electrons. The van der Waals surface area contributed by atoms with E-state index in [1.54, 1.807) is 0 Å². The molecule has 0 saturated carbocycles. The van der Waals surface area contributed by atoms with E-state index in [2.05, 4.69) is 32.6 Å². The summed E-state index contributed by atoms with van der Waals surface area (Å²) in [5.74, 6) is -0.185. The maximum atomic E-state index is 12.5. The summed E-state index contributed by atoms with van der Waals surface area (Å²) in [4.78, 5) is 38.4. The molecule has 0 saturated heterocycles. The van der Waals surface area contributed by atoms with Crippen molar-refractivity contribution >= 4 is 17.9 Å². The van der Waals surface area contributed by atoms with E-state index in [4.69, 9.17) is 14.2 Å². The van der Waals surface area contributed by atoms with Gasteiger partial charge in [-0.3, -0.25) is 14.4 Å². The largest absolute Gasteiger partial charge is 0.462 e. The normalized spacial score (nSPS) is 11.6. The van der Waals surface area contributed by atoms with E-state index in [-0.39, 0.29) is 36.2 Å². The summed E-state index contributed by atoms with van der Waals surface area (Å²) in [6.45, 7) is 9.11. The number of esters is 3. The Labute approximate surface area is 259 Å². The zero-order valence-corrected chi connectivity index (χ0v) is 28.4. The third-order valence-electron chi connectivity index (χ3n) is 8.02. The van der Waals surface area contributed by atoms with E-state index in [9.17, 15) is 14.4 Å². The molecule has 0 fully saturated rings. The summed E-state index contributed by atoms with van der Waals surface area (Å²) in [7, 11) is 4.04. The first-order valence-corrected chi connectivity index (χ1v) is 17.5. The van der Waals surface area contributed by atoms with Gasteiger partial charge in [0.2, 0.25) is 0 Å². The third kappa shape index (κ3) is 24.9. The Hall–Kier alpha value is -1.63. The van der Waals surface area contributed by atoms with Gasteiger partial charge in [-0.15, -0.1) is 0 Å². The van der Waals surface area contributed by atoms with Gasteiger partial charge in [0, 0.05) is 19.3 Å². The fourth-order valence-electron chi connectivity index (χ4n) is 5.14. The topological polar surface area (TPSA) is 82.1 Å². The van der Waals surface area contributed by atoms with Crippen molar-refractivity contribution < 1.29 is 28.6 Å². The van der Waals surface area contributed by atoms with Gasteiger partial charge in [0.1, 0.15) is 18.3 Å². The summed E-state index contributed by atoms with van der Waals surface area (Å²) in [6.07, 6.45) is 20.7. The Morgan fingerprint density at radius 2 is 0.762 bits per heavy atom. The lowest BCUT2D eigenvalue weighted by Crippen LogP contribution is -2.20. The Kier molecular flexibility index (Phi) is 27.1. The van der Waals surface area contributed by atoms with E-state index in [0.717, 1.165) is 129 Å². The molecule has 0 rings (SSSR count). The lowest BCUT2D eigenvalue weighted by atomic mass is 10.0. The van der Waals surface area contributed by atoms with Crippen LogP contribution in [0.15, 0.2) is 0 Å². The molecule has 0 N–H and O–H groups in total. The van der Waals surface area contributed by atoms with Crippen molar-refractivity contribution in [1.82, 2.24) is 4.90 Å². The monoisotopic (exact) mass is 597 g/mol. The second kappa shape index (κ2) is 28.2. The standard InChI is InChI=1S/C35H67NO6/c1-7-30(8-2)40-33(37)26-21-17-13-11-15-19-24-32(42-35(39)28-23-29-36(5)6)25-20-16-12-14-18-22-27-34(38)41-31(9-3)10-4/h30-32H,7-29H2,1-6H3. The lowest BCUT2D eigenvalue weighted by Gasteiger charge is -2.18. The predicted molar refractivity (Wildman–Crippen MR) is 172 cm³/mol. The van der Waals surface area contributed by atoms with Crippen molar-refractivity contribution in [3.8, 4) is 0 Å². The highest BCUT2D eigenvalue weighted by molar-refractivity contribution is 5.70. The van der Waals surface area contributed by atoms with Gasteiger partial charge >= 0.3 is 17.9 Å². The van der Waals surface area contributed by atoms with Gasteiger partial charge in [-0.2, -0.15) is 0 Å². The van der Waals surface area contributed by atoms with Crippen LogP contribution in [-0.2, 0) is 28.6 Å². The highest BCUT2D eigenvalue weighted by Crippen LogP contribution is 2.18. The molecule has 0 amide bonds. The number of rotatable bonds is 29. The molecule has 0 aliphatic rings. The van der Waals surface area contributed by atoms with Crippen LogP contribution in [0.25, 0.3) is 0 Å². The highest BCUT2D eigenvalue weighted by Gasteiger charge is 2.15. The van der Waals surface area contributed by atoms with E-state index in [1.807, 2.05) is 14.1 Å². The number of hydrogen-bond donors (Lipinski definition) is 0. The van der Waals surface area contributed by atoms with Gasteiger partial charge in [0.05, 0.1) is 0 Å². The molecule has 0 aliphatic heterocycles. The molecule has 0 unspecified atom stereocenters. The first-order chi connectivity index (χ1) is 20.2. The summed E-state index contributed by atoms with van der Waals surface area (Å²) >= 11 is 0. The van der Waals surface area contributed by atoms with Crippen LogP contribution in [0.4, 0.5) is 0 Å². The molecule has 0 aliphatic carbocycles. The Balaban J connectivity index is 4.18. The minimum Gasteiger partial charge on any atom is -0.462 e. The van der Waals surface area contributed by atoms with Crippen molar-refractivity contribution in [3.63, 3.8) is 0 Å². The second-order valence-electron chi connectivity index (χ2n) is 12.2. The molecule has 0 spiro atoms. The fourth-order valence-corrected chi connectivity index (χ4v) is 5.14. The van der Waals surface area contributed by atoms with E-state index in [1.165, 1.54) is 0 Å². The molecule has 0 aromatic rings. The molecule has 0 aromatic carbocycles. The maximum Gasteiger partial charge on any atom is 0.306 e. The molecule has 0 aromatic heterocycles. The highest BCUT2D eigenvalue weighted by atomic mass is 16.5. The first-order valence-electron chi connectivity index (χ1n) is 17.5. The summed E-state index contributed by atoms with van der Waals surface area (Å²) in [5, 5.41) is 0. The summed E-state index contributed by atoms with van der Waals surface area (Å²) in [6, 6.07) is 0.